The molecule has 22 heavy (non-hydrogen) atoms. The van der Waals surface area contributed by atoms with E-state index in [2.05, 4.69) is 0 Å². The first-order chi connectivity index (χ1) is 10.3. The second kappa shape index (κ2) is 5.84. The van der Waals surface area contributed by atoms with Crippen molar-refractivity contribution in [2.24, 2.45) is 0 Å². The summed E-state index contributed by atoms with van der Waals surface area (Å²) in [5.74, 6) is -0.368. The molecule has 5 nitrogen and oxygen atoms in total. The van der Waals surface area contributed by atoms with E-state index in [-0.39, 0.29) is 17.1 Å². The SMILES string of the molecule is O=Cc1ccccc1Oc1ccc(C(F)(F)F)cc1[N+](=O)[O-]. The number of aldehydes is 1. The Morgan fingerprint density at radius 2 is 1.77 bits per heavy atom. The number of rotatable bonds is 4. The fourth-order valence-electron chi connectivity index (χ4n) is 1.71. The van der Waals surface area contributed by atoms with E-state index in [9.17, 15) is 28.1 Å². The van der Waals surface area contributed by atoms with Crippen molar-refractivity contribution in [3.05, 3.63) is 63.7 Å². The lowest BCUT2D eigenvalue weighted by Gasteiger charge is -2.10. The molecule has 2 rings (SSSR count). The molecule has 2 aromatic carbocycles. The molecule has 0 aromatic heterocycles. The van der Waals surface area contributed by atoms with Gasteiger partial charge in [-0.05, 0) is 24.3 Å². The number of nitro benzene ring substituents is 1. The van der Waals surface area contributed by atoms with E-state index < -0.39 is 22.4 Å². The van der Waals surface area contributed by atoms with Gasteiger partial charge in [-0.2, -0.15) is 13.2 Å². The van der Waals surface area contributed by atoms with Gasteiger partial charge >= 0.3 is 11.9 Å². The van der Waals surface area contributed by atoms with Gasteiger partial charge in [0.2, 0.25) is 5.75 Å². The Bertz CT molecular complexity index is 728. The maximum Gasteiger partial charge on any atom is 0.416 e. The lowest BCUT2D eigenvalue weighted by molar-refractivity contribution is -0.385. The molecule has 0 heterocycles. The van der Waals surface area contributed by atoms with Crippen LogP contribution in [0.1, 0.15) is 15.9 Å². The summed E-state index contributed by atoms with van der Waals surface area (Å²) in [7, 11) is 0. The molecule has 0 fully saturated rings. The van der Waals surface area contributed by atoms with Crippen LogP contribution in [0.15, 0.2) is 42.5 Å². The smallest absolute Gasteiger partial charge is 0.416 e. The van der Waals surface area contributed by atoms with Crippen molar-refractivity contribution < 1.29 is 27.6 Å². The number of para-hydroxylation sites is 1. The second-order valence-electron chi connectivity index (χ2n) is 4.20. The summed E-state index contributed by atoms with van der Waals surface area (Å²) in [6, 6.07) is 7.78. The quantitative estimate of drug-likeness (QED) is 0.481. The van der Waals surface area contributed by atoms with E-state index in [1.54, 1.807) is 6.07 Å². The van der Waals surface area contributed by atoms with Gasteiger partial charge < -0.3 is 4.74 Å². The number of hydrogen-bond acceptors (Lipinski definition) is 4. The molecule has 0 saturated carbocycles. The van der Waals surface area contributed by atoms with Gasteiger partial charge in [-0.3, -0.25) is 14.9 Å². The maximum absolute atomic E-state index is 12.6. The molecule has 0 spiro atoms. The zero-order valence-electron chi connectivity index (χ0n) is 10.8. The van der Waals surface area contributed by atoms with Crippen LogP contribution in [0.2, 0.25) is 0 Å². The van der Waals surface area contributed by atoms with Crippen molar-refractivity contribution in [3.8, 4) is 11.5 Å². The minimum absolute atomic E-state index is 0.0142. The van der Waals surface area contributed by atoms with E-state index >= 15 is 0 Å². The summed E-state index contributed by atoms with van der Waals surface area (Å²) in [6.07, 6.45) is -4.23. The summed E-state index contributed by atoms with van der Waals surface area (Å²) in [5, 5.41) is 10.9. The predicted octanol–water partition coefficient (Wildman–Crippen LogP) is 4.22. The van der Waals surface area contributed by atoms with E-state index in [1.165, 1.54) is 18.2 Å². The highest BCUT2D eigenvalue weighted by Gasteiger charge is 2.33. The summed E-state index contributed by atoms with van der Waals surface area (Å²) < 4.78 is 43.0. The first kappa shape index (κ1) is 15.5. The van der Waals surface area contributed by atoms with Crippen LogP contribution in [0.25, 0.3) is 0 Å². The molecule has 0 amide bonds. The van der Waals surface area contributed by atoms with Gasteiger partial charge in [0.15, 0.2) is 6.29 Å². The maximum atomic E-state index is 12.6. The van der Waals surface area contributed by atoms with Crippen molar-refractivity contribution in [2.75, 3.05) is 0 Å². The molecule has 0 aliphatic heterocycles. The minimum Gasteiger partial charge on any atom is -0.449 e. The molecular formula is C14H8F3NO4. The van der Waals surface area contributed by atoms with Gasteiger partial charge in [0.25, 0.3) is 0 Å². The van der Waals surface area contributed by atoms with E-state index in [0.717, 1.165) is 6.07 Å². The average molecular weight is 311 g/mol. The fraction of sp³-hybridized carbons (Fsp3) is 0.0714. The Morgan fingerprint density at radius 1 is 1.09 bits per heavy atom. The van der Waals surface area contributed by atoms with Gasteiger partial charge in [0.1, 0.15) is 5.75 Å². The molecule has 0 aliphatic carbocycles. The Balaban J connectivity index is 2.47. The van der Waals surface area contributed by atoms with Gasteiger partial charge in [0.05, 0.1) is 16.1 Å². The van der Waals surface area contributed by atoms with Crippen LogP contribution in [-0.2, 0) is 6.18 Å². The van der Waals surface area contributed by atoms with Crippen LogP contribution in [0.3, 0.4) is 0 Å². The molecule has 0 atom stereocenters. The van der Waals surface area contributed by atoms with E-state index in [1.807, 2.05) is 0 Å². The third kappa shape index (κ3) is 3.22. The van der Waals surface area contributed by atoms with Crippen LogP contribution in [-0.4, -0.2) is 11.2 Å². The third-order valence-electron chi connectivity index (χ3n) is 2.75. The van der Waals surface area contributed by atoms with Crippen LogP contribution >= 0.6 is 0 Å². The summed E-state index contributed by atoms with van der Waals surface area (Å²) in [5.41, 5.74) is -1.87. The lowest BCUT2D eigenvalue weighted by Crippen LogP contribution is -2.06. The second-order valence-corrected chi connectivity index (χ2v) is 4.20. The molecule has 0 N–H and O–H groups in total. The average Bonchev–Trinajstić information content (AvgIpc) is 2.46. The van der Waals surface area contributed by atoms with Gasteiger partial charge in [-0.15, -0.1) is 0 Å². The first-order valence-corrected chi connectivity index (χ1v) is 5.90. The number of halogens is 3. The molecule has 2 aromatic rings. The van der Waals surface area contributed by atoms with Gasteiger partial charge in [-0.25, -0.2) is 0 Å². The highest BCUT2D eigenvalue weighted by molar-refractivity contribution is 5.79. The van der Waals surface area contributed by atoms with E-state index in [0.29, 0.717) is 18.4 Å². The Hall–Kier alpha value is -2.90. The molecule has 0 bridgehead atoms. The zero-order chi connectivity index (χ0) is 16.3. The molecule has 8 heteroatoms. The molecular weight excluding hydrogens is 303 g/mol. The number of benzene rings is 2. The van der Waals surface area contributed by atoms with Crippen molar-refractivity contribution >= 4 is 12.0 Å². The van der Waals surface area contributed by atoms with Crippen molar-refractivity contribution in [1.82, 2.24) is 0 Å². The van der Waals surface area contributed by atoms with Crippen molar-refractivity contribution in [1.29, 1.82) is 0 Å². The van der Waals surface area contributed by atoms with Crippen LogP contribution in [0.5, 0.6) is 11.5 Å². The van der Waals surface area contributed by atoms with Gasteiger partial charge in [0, 0.05) is 6.07 Å². The van der Waals surface area contributed by atoms with Crippen LogP contribution < -0.4 is 4.74 Å². The predicted molar refractivity (Wildman–Crippen MR) is 70.0 cm³/mol. The Morgan fingerprint density at radius 3 is 2.36 bits per heavy atom. The number of ether oxygens (including phenoxy) is 1. The summed E-state index contributed by atoms with van der Waals surface area (Å²) in [6.45, 7) is 0. The number of alkyl halides is 3. The number of carbonyl (C=O) groups is 1. The number of nitro groups is 1. The number of hydrogen-bond donors (Lipinski definition) is 0. The largest absolute Gasteiger partial charge is 0.449 e. The minimum atomic E-state index is -4.70. The highest BCUT2D eigenvalue weighted by atomic mass is 19.4. The fourth-order valence-corrected chi connectivity index (χ4v) is 1.71. The number of carbonyl (C=O) groups excluding carboxylic acids is 1. The molecule has 0 saturated heterocycles. The van der Waals surface area contributed by atoms with Crippen molar-refractivity contribution in [3.63, 3.8) is 0 Å². The Labute approximate surface area is 122 Å². The monoisotopic (exact) mass is 311 g/mol. The lowest BCUT2D eigenvalue weighted by atomic mass is 10.1. The van der Waals surface area contributed by atoms with E-state index in [4.69, 9.17) is 4.74 Å². The normalized spacial score (nSPS) is 11.0. The number of nitrogens with zero attached hydrogens (tertiary/aromatic N) is 1. The first-order valence-electron chi connectivity index (χ1n) is 5.90. The topological polar surface area (TPSA) is 69.4 Å². The van der Waals surface area contributed by atoms with Crippen LogP contribution in [0.4, 0.5) is 18.9 Å². The Kier molecular flexibility index (Phi) is 4.11. The van der Waals surface area contributed by atoms with Crippen molar-refractivity contribution in [2.45, 2.75) is 6.18 Å². The van der Waals surface area contributed by atoms with Crippen LogP contribution in [0, 0.1) is 10.1 Å². The molecule has 0 unspecified atom stereocenters. The zero-order valence-corrected chi connectivity index (χ0v) is 10.8. The summed E-state index contributed by atoms with van der Waals surface area (Å²) >= 11 is 0. The third-order valence-corrected chi connectivity index (χ3v) is 2.75. The highest BCUT2D eigenvalue weighted by Crippen LogP contribution is 2.38. The summed E-state index contributed by atoms with van der Waals surface area (Å²) in [4.78, 5) is 20.8. The standard InChI is InChI=1S/C14H8F3NO4/c15-14(16,17)10-5-6-13(11(7-10)18(20)21)22-12-4-2-1-3-9(12)8-19/h1-8H. The molecule has 0 aliphatic rings. The van der Waals surface area contributed by atoms with Gasteiger partial charge in [-0.1, -0.05) is 12.1 Å². The molecule has 114 valence electrons. The molecule has 0 radical (unpaired) electrons.